The number of carbonyl (C=O) groups is 1. The van der Waals surface area contributed by atoms with Gasteiger partial charge in [0.25, 0.3) is 0 Å². The van der Waals surface area contributed by atoms with Crippen molar-refractivity contribution in [2.75, 3.05) is 11.9 Å². The molecule has 0 saturated carbocycles. The molecule has 0 fully saturated rings. The Bertz CT molecular complexity index is 373. The Kier molecular flexibility index (Phi) is 5.00. The van der Waals surface area contributed by atoms with Crippen LogP contribution in [0.1, 0.15) is 32.4 Å². The van der Waals surface area contributed by atoms with E-state index in [-0.39, 0.29) is 11.9 Å². The van der Waals surface area contributed by atoms with Crippen LogP contribution in [0.5, 0.6) is 0 Å². The molecule has 0 aliphatic carbocycles. The molecule has 1 atom stereocenters. The van der Waals surface area contributed by atoms with Crippen LogP contribution < -0.4 is 10.6 Å². The molecule has 1 rings (SSSR count). The maximum Gasteiger partial charge on any atom is 0.239 e. The lowest BCUT2D eigenvalue weighted by Gasteiger charge is -2.13. The van der Waals surface area contributed by atoms with E-state index in [1.807, 2.05) is 27.1 Å². The molecule has 0 spiro atoms. The standard InChI is InChI=1S/C12H22N4O/c1-5-6-9(2)14-12(17)7-13-11-8-16(4)15-10(11)3/h8-9,13H,5-7H2,1-4H3,(H,14,17). The van der Waals surface area contributed by atoms with Crippen LogP contribution in [0, 0.1) is 6.92 Å². The molecule has 0 saturated heterocycles. The molecule has 17 heavy (non-hydrogen) atoms. The summed E-state index contributed by atoms with van der Waals surface area (Å²) in [6.45, 7) is 6.34. The molecule has 1 aromatic rings. The van der Waals surface area contributed by atoms with Gasteiger partial charge in [0.15, 0.2) is 0 Å². The molecule has 2 N–H and O–H groups in total. The van der Waals surface area contributed by atoms with E-state index in [1.54, 1.807) is 4.68 Å². The summed E-state index contributed by atoms with van der Waals surface area (Å²) >= 11 is 0. The molecule has 0 aromatic carbocycles. The maximum atomic E-state index is 11.6. The van der Waals surface area contributed by atoms with Crippen molar-refractivity contribution in [3.8, 4) is 0 Å². The summed E-state index contributed by atoms with van der Waals surface area (Å²) < 4.78 is 1.73. The predicted octanol–water partition coefficient (Wildman–Crippen LogP) is 1.45. The summed E-state index contributed by atoms with van der Waals surface area (Å²) in [5.74, 6) is 0.0224. The molecule has 0 bridgehead atoms. The van der Waals surface area contributed by atoms with Gasteiger partial charge >= 0.3 is 0 Å². The van der Waals surface area contributed by atoms with Crippen LogP contribution >= 0.6 is 0 Å². The lowest BCUT2D eigenvalue weighted by molar-refractivity contribution is -0.120. The molecule has 1 aromatic heterocycles. The molecule has 0 radical (unpaired) electrons. The van der Waals surface area contributed by atoms with E-state index >= 15 is 0 Å². The number of carbonyl (C=O) groups excluding carboxylic acids is 1. The van der Waals surface area contributed by atoms with E-state index < -0.39 is 0 Å². The van der Waals surface area contributed by atoms with E-state index in [0.717, 1.165) is 24.2 Å². The van der Waals surface area contributed by atoms with Crippen LogP contribution in [-0.2, 0) is 11.8 Å². The second-order valence-electron chi connectivity index (χ2n) is 4.41. The monoisotopic (exact) mass is 238 g/mol. The predicted molar refractivity (Wildman–Crippen MR) is 68.9 cm³/mol. The topological polar surface area (TPSA) is 59.0 Å². The Morgan fingerprint density at radius 2 is 2.29 bits per heavy atom. The summed E-state index contributed by atoms with van der Waals surface area (Å²) in [7, 11) is 1.86. The third kappa shape index (κ3) is 4.46. The fourth-order valence-corrected chi connectivity index (χ4v) is 1.78. The average molecular weight is 238 g/mol. The van der Waals surface area contributed by atoms with E-state index in [4.69, 9.17) is 0 Å². The van der Waals surface area contributed by atoms with Crippen LogP contribution in [0.15, 0.2) is 6.20 Å². The van der Waals surface area contributed by atoms with Gasteiger partial charge < -0.3 is 10.6 Å². The normalized spacial score (nSPS) is 12.2. The zero-order valence-electron chi connectivity index (χ0n) is 11.1. The van der Waals surface area contributed by atoms with Gasteiger partial charge in [-0.05, 0) is 20.3 Å². The van der Waals surface area contributed by atoms with Gasteiger partial charge in [-0.2, -0.15) is 5.10 Å². The highest BCUT2D eigenvalue weighted by Crippen LogP contribution is 2.10. The van der Waals surface area contributed by atoms with Gasteiger partial charge in [-0.1, -0.05) is 13.3 Å². The molecule has 1 unspecified atom stereocenters. The molecular weight excluding hydrogens is 216 g/mol. The summed E-state index contributed by atoms with van der Waals surface area (Å²) in [5.41, 5.74) is 1.81. The summed E-state index contributed by atoms with van der Waals surface area (Å²) in [6, 6.07) is 0.240. The maximum absolute atomic E-state index is 11.6. The number of amides is 1. The smallest absolute Gasteiger partial charge is 0.239 e. The molecule has 96 valence electrons. The number of anilines is 1. The van der Waals surface area contributed by atoms with Gasteiger partial charge in [0.1, 0.15) is 0 Å². The minimum absolute atomic E-state index is 0.0224. The SMILES string of the molecule is CCCC(C)NC(=O)CNc1cn(C)nc1C. The first-order valence-corrected chi connectivity index (χ1v) is 6.06. The number of aryl methyl sites for hydroxylation is 2. The summed E-state index contributed by atoms with van der Waals surface area (Å²) in [5, 5.41) is 10.2. The van der Waals surface area contributed by atoms with Gasteiger partial charge in [0, 0.05) is 19.3 Å². The number of aromatic nitrogens is 2. The molecule has 0 aliphatic heterocycles. The first-order chi connectivity index (χ1) is 8.02. The molecule has 0 aliphatic rings. The average Bonchev–Trinajstić information content (AvgIpc) is 2.54. The van der Waals surface area contributed by atoms with Crippen molar-refractivity contribution in [1.82, 2.24) is 15.1 Å². The number of nitrogens with one attached hydrogen (secondary N) is 2. The molecule has 1 heterocycles. The van der Waals surface area contributed by atoms with Crippen LogP contribution in [0.4, 0.5) is 5.69 Å². The molecular formula is C12H22N4O. The van der Waals surface area contributed by atoms with Crippen molar-refractivity contribution in [2.45, 2.75) is 39.7 Å². The van der Waals surface area contributed by atoms with Gasteiger partial charge in [0.05, 0.1) is 17.9 Å². The van der Waals surface area contributed by atoms with Crippen LogP contribution in [0.2, 0.25) is 0 Å². The fraction of sp³-hybridized carbons (Fsp3) is 0.667. The highest BCUT2D eigenvalue weighted by Gasteiger charge is 2.08. The Hall–Kier alpha value is -1.52. The first-order valence-electron chi connectivity index (χ1n) is 6.06. The Morgan fingerprint density at radius 3 is 2.82 bits per heavy atom. The Labute approximate surface area is 103 Å². The zero-order valence-corrected chi connectivity index (χ0v) is 11.1. The summed E-state index contributed by atoms with van der Waals surface area (Å²) in [4.78, 5) is 11.6. The van der Waals surface area contributed by atoms with Crippen LogP contribution in [0.25, 0.3) is 0 Å². The van der Waals surface area contributed by atoms with E-state index in [2.05, 4.69) is 22.7 Å². The van der Waals surface area contributed by atoms with Crippen molar-refractivity contribution in [2.24, 2.45) is 7.05 Å². The van der Waals surface area contributed by atoms with Gasteiger partial charge in [0.2, 0.25) is 5.91 Å². The minimum Gasteiger partial charge on any atom is -0.373 e. The van der Waals surface area contributed by atoms with Crippen LogP contribution in [-0.4, -0.2) is 28.3 Å². The second-order valence-corrected chi connectivity index (χ2v) is 4.41. The van der Waals surface area contributed by atoms with Gasteiger partial charge in [-0.15, -0.1) is 0 Å². The first kappa shape index (κ1) is 13.5. The van der Waals surface area contributed by atoms with Crippen molar-refractivity contribution in [3.05, 3.63) is 11.9 Å². The molecule has 5 nitrogen and oxygen atoms in total. The number of hydrogen-bond acceptors (Lipinski definition) is 3. The summed E-state index contributed by atoms with van der Waals surface area (Å²) in [6.07, 6.45) is 3.96. The van der Waals surface area contributed by atoms with Gasteiger partial charge in [-0.3, -0.25) is 9.48 Å². The highest BCUT2D eigenvalue weighted by molar-refractivity contribution is 5.81. The van der Waals surface area contributed by atoms with Crippen LogP contribution in [0.3, 0.4) is 0 Å². The molecule has 5 heteroatoms. The van der Waals surface area contributed by atoms with Gasteiger partial charge in [-0.25, -0.2) is 0 Å². The van der Waals surface area contributed by atoms with Crippen molar-refractivity contribution in [1.29, 1.82) is 0 Å². The highest BCUT2D eigenvalue weighted by atomic mass is 16.1. The van der Waals surface area contributed by atoms with Crippen molar-refractivity contribution in [3.63, 3.8) is 0 Å². The quantitative estimate of drug-likeness (QED) is 0.788. The number of rotatable bonds is 6. The number of nitrogens with zero attached hydrogens (tertiary/aromatic N) is 2. The Balaban J connectivity index is 2.35. The molecule has 1 amide bonds. The largest absolute Gasteiger partial charge is 0.373 e. The fourth-order valence-electron chi connectivity index (χ4n) is 1.78. The second kappa shape index (κ2) is 6.27. The minimum atomic E-state index is 0.0224. The van der Waals surface area contributed by atoms with Crippen molar-refractivity contribution < 1.29 is 4.79 Å². The van der Waals surface area contributed by atoms with E-state index in [1.165, 1.54) is 0 Å². The van der Waals surface area contributed by atoms with E-state index in [9.17, 15) is 4.79 Å². The third-order valence-corrected chi connectivity index (χ3v) is 2.58. The zero-order chi connectivity index (χ0) is 12.8. The lowest BCUT2D eigenvalue weighted by atomic mass is 10.2. The lowest BCUT2D eigenvalue weighted by Crippen LogP contribution is -2.36. The third-order valence-electron chi connectivity index (χ3n) is 2.58. The number of hydrogen-bond donors (Lipinski definition) is 2. The Morgan fingerprint density at radius 1 is 1.59 bits per heavy atom. The van der Waals surface area contributed by atoms with E-state index in [0.29, 0.717) is 6.54 Å². The van der Waals surface area contributed by atoms with Crippen molar-refractivity contribution >= 4 is 11.6 Å².